The van der Waals surface area contributed by atoms with Crippen LogP contribution >= 0.6 is 0 Å². The van der Waals surface area contributed by atoms with Crippen LogP contribution < -0.4 is 20.1 Å². The zero-order chi connectivity index (χ0) is 21.8. The van der Waals surface area contributed by atoms with Gasteiger partial charge >= 0.3 is 0 Å². The topological polar surface area (TPSA) is 120 Å². The molecule has 1 heterocycles. The Hall–Kier alpha value is -3.69. The molecule has 158 valence electrons. The molecule has 2 aromatic rings. The zero-order valence-corrected chi connectivity index (χ0v) is 16.4. The lowest BCUT2D eigenvalue weighted by Gasteiger charge is -2.24. The van der Waals surface area contributed by atoms with Gasteiger partial charge in [0.25, 0.3) is 5.69 Å². The van der Waals surface area contributed by atoms with Gasteiger partial charge in [-0.05, 0) is 30.2 Å². The van der Waals surface area contributed by atoms with Crippen LogP contribution in [0, 0.1) is 15.9 Å². The first-order valence-corrected chi connectivity index (χ1v) is 9.10. The summed E-state index contributed by atoms with van der Waals surface area (Å²) in [6.45, 7) is 0.101. The Balaban J connectivity index is 1.74. The third-order valence-electron chi connectivity index (χ3n) is 4.85. The van der Waals surface area contributed by atoms with E-state index in [9.17, 15) is 24.1 Å². The standard InChI is InChI=1S/C20H20FN3O6/c1-29-17-7-11(16(24(27)28)10-18(17)30-2)5-6-22-20(26)14-9-19(25)23-15-8-12(21)3-4-13(14)15/h3-4,7-8,10,14H,5-6,9H2,1-2H3,(H,22,26)(H,23,25). The summed E-state index contributed by atoms with van der Waals surface area (Å²) in [5.74, 6) is -1.52. The number of rotatable bonds is 7. The minimum absolute atomic E-state index is 0.0685. The number of nitro groups is 1. The van der Waals surface area contributed by atoms with Gasteiger partial charge in [0, 0.05) is 24.2 Å². The molecule has 2 aromatic carbocycles. The predicted octanol–water partition coefficient (Wildman–Crippen LogP) is 2.54. The average molecular weight is 417 g/mol. The predicted molar refractivity (Wildman–Crippen MR) is 105 cm³/mol. The highest BCUT2D eigenvalue weighted by molar-refractivity contribution is 6.01. The van der Waals surface area contributed by atoms with Gasteiger partial charge in [0.1, 0.15) is 5.82 Å². The van der Waals surface area contributed by atoms with E-state index in [4.69, 9.17) is 9.47 Å². The van der Waals surface area contributed by atoms with E-state index in [1.807, 2.05) is 0 Å². The molecule has 0 saturated heterocycles. The lowest BCUT2D eigenvalue weighted by molar-refractivity contribution is -0.385. The smallest absolute Gasteiger partial charge is 0.276 e. The summed E-state index contributed by atoms with van der Waals surface area (Å²) in [5.41, 5.74) is 0.995. The monoisotopic (exact) mass is 417 g/mol. The van der Waals surface area contributed by atoms with E-state index in [0.717, 1.165) is 0 Å². The maximum Gasteiger partial charge on any atom is 0.276 e. The van der Waals surface area contributed by atoms with Crippen LogP contribution in [-0.2, 0) is 16.0 Å². The molecular weight excluding hydrogens is 397 g/mol. The molecule has 2 amide bonds. The van der Waals surface area contributed by atoms with Crippen molar-refractivity contribution in [2.24, 2.45) is 0 Å². The summed E-state index contributed by atoms with van der Waals surface area (Å²) in [5, 5.41) is 16.6. The van der Waals surface area contributed by atoms with Gasteiger partial charge in [0.15, 0.2) is 11.5 Å². The molecule has 0 fully saturated rings. The van der Waals surface area contributed by atoms with Gasteiger partial charge in [-0.15, -0.1) is 0 Å². The Labute approximate surface area is 171 Å². The largest absolute Gasteiger partial charge is 0.493 e. The van der Waals surface area contributed by atoms with Crippen molar-refractivity contribution in [2.75, 3.05) is 26.1 Å². The number of anilines is 1. The number of hydrogen-bond donors (Lipinski definition) is 2. The highest BCUT2D eigenvalue weighted by Crippen LogP contribution is 2.35. The van der Waals surface area contributed by atoms with E-state index in [0.29, 0.717) is 16.9 Å². The number of amides is 2. The fraction of sp³-hybridized carbons (Fsp3) is 0.300. The molecule has 1 unspecified atom stereocenters. The van der Waals surface area contributed by atoms with Crippen LogP contribution in [0.1, 0.15) is 23.5 Å². The zero-order valence-electron chi connectivity index (χ0n) is 16.4. The van der Waals surface area contributed by atoms with Crippen molar-refractivity contribution >= 4 is 23.2 Å². The molecule has 3 rings (SSSR count). The highest BCUT2D eigenvalue weighted by Gasteiger charge is 2.31. The number of carbonyl (C=O) groups is 2. The van der Waals surface area contributed by atoms with Gasteiger partial charge in [0.2, 0.25) is 11.8 Å². The fourth-order valence-electron chi connectivity index (χ4n) is 3.40. The van der Waals surface area contributed by atoms with Crippen molar-refractivity contribution in [3.8, 4) is 11.5 Å². The second-order valence-corrected chi connectivity index (χ2v) is 6.67. The van der Waals surface area contributed by atoms with Crippen LogP contribution in [0.5, 0.6) is 11.5 Å². The summed E-state index contributed by atoms with van der Waals surface area (Å²) in [4.78, 5) is 35.4. The second-order valence-electron chi connectivity index (χ2n) is 6.67. The number of carbonyl (C=O) groups excluding carboxylic acids is 2. The molecule has 0 saturated carbocycles. The number of halogens is 1. The van der Waals surface area contributed by atoms with Crippen LogP contribution in [0.4, 0.5) is 15.8 Å². The highest BCUT2D eigenvalue weighted by atomic mass is 19.1. The molecule has 9 nitrogen and oxygen atoms in total. The number of fused-ring (bicyclic) bond motifs is 1. The van der Waals surface area contributed by atoms with Crippen LogP contribution in [-0.4, -0.2) is 37.5 Å². The summed E-state index contributed by atoms with van der Waals surface area (Å²) >= 11 is 0. The number of hydrogen-bond acceptors (Lipinski definition) is 6. The van der Waals surface area contributed by atoms with Gasteiger partial charge in [-0.1, -0.05) is 6.07 Å². The first-order valence-electron chi connectivity index (χ1n) is 9.10. The minimum atomic E-state index is -0.769. The molecule has 0 spiro atoms. The summed E-state index contributed by atoms with van der Waals surface area (Å²) in [6, 6.07) is 6.62. The first-order chi connectivity index (χ1) is 14.3. The summed E-state index contributed by atoms with van der Waals surface area (Å²) < 4.78 is 23.7. The molecule has 0 bridgehead atoms. The minimum Gasteiger partial charge on any atom is -0.493 e. The van der Waals surface area contributed by atoms with Crippen molar-refractivity contribution in [1.29, 1.82) is 0 Å². The normalized spacial score (nSPS) is 15.0. The molecule has 0 aliphatic carbocycles. The van der Waals surface area contributed by atoms with Crippen molar-refractivity contribution in [3.63, 3.8) is 0 Å². The third kappa shape index (κ3) is 4.32. The van der Waals surface area contributed by atoms with Gasteiger partial charge in [0.05, 0.1) is 31.1 Å². The lowest BCUT2D eigenvalue weighted by Crippen LogP contribution is -2.36. The van der Waals surface area contributed by atoms with Crippen molar-refractivity contribution in [2.45, 2.75) is 18.8 Å². The van der Waals surface area contributed by atoms with E-state index in [2.05, 4.69) is 10.6 Å². The molecule has 1 atom stereocenters. The molecule has 0 radical (unpaired) electrons. The molecule has 1 aliphatic heterocycles. The molecule has 1 aliphatic rings. The van der Waals surface area contributed by atoms with Crippen LogP contribution in [0.25, 0.3) is 0 Å². The Morgan fingerprint density at radius 1 is 1.27 bits per heavy atom. The molecular formula is C20H20FN3O6. The number of benzene rings is 2. The van der Waals surface area contributed by atoms with Crippen molar-refractivity contribution in [1.82, 2.24) is 5.32 Å². The summed E-state index contributed by atoms with van der Waals surface area (Å²) in [7, 11) is 2.80. The number of nitrogens with one attached hydrogen (secondary N) is 2. The van der Waals surface area contributed by atoms with Gasteiger partial charge in [-0.3, -0.25) is 19.7 Å². The van der Waals surface area contributed by atoms with Gasteiger partial charge in [-0.25, -0.2) is 4.39 Å². The SMILES string of the molecule is COc1cc(CCNC(=O)C2CC(=O)Nc3cc(F)ccc32)c([N+](=O)[O-])cc1OC. The van der Waals surface area contributed by atoms with Gasteiger partial charge < -0.3 is 20.1 Å². The third-order valence-corrected chi connectivity index (χ3v) is 4.85. The van der Waals surface area contributed by atoms with Crippen LogP contribution in [0.2, 0.25) is 0 Å². The number of ether oxygens (including phenoxy) is 2. The van der Waals surface area contributed by atoms with E-state index in [-0.39, 0.29) is 42.4 Å². The average Bonchev–Trinajstić information content (AvgIpc) is 2.71. The number of nitro benzene ring substituents is 1. The Morgan fingerprint density at radius 3 is 2.63 bits per heavy atom. The maximum absolute atomic E-state index is 13.4. The molecule has 2 N–H and O–H groups in total. The fourth-order valence-corrected chi connectivity index (χ4v) is 3.40. The van der Waals surface area contributed by atoms with Crippen LogP contribution in [0.3, 0.4) is 0 Å². The molecule has 10 heteroatoms. The van der Waals surface area contributed by atoms with Crippen molar-refractivity contribution in [3.05, 3.63) is 57.4 Å². The Morgan fingerprint density at radius 2 is 1.97 bits per heavy atom. The summed E-state index contributed by atoms with van der Waals surface area (Å²) in [6.07, 6.45) is 0.0958. The van der Waals surface area contributed by atoms with E-state index < -0.39 is 22.6 Å². The Kier molecular flexibility index (Phi) is 6.14. The van der Waals surface area contributed by atoms with Crippen molar-refractivity contribution < 1.29 is 28.4 Å². The number of methoxy groups -OCH3 is 2. The van der Waals surface area contributed by atoms with Gasteiger partial charge in [-0.2, -0.15) is 0 Å². The molecule has 0 aromatic heterocycles. The quantitative estimate of drug-likeness (QED) is 0.528. The maximum atomic E-state index is 13.4. The first kappa shape index (κ1) is 21.0. The lowest BCUT2D eigenvalue weighted by atomic mass is 9.89. The molecule has 30 heavy (non-hydrogen) atoms. The van der Waals surface area contributed by atoms with E-state index in [1.165, 1.54) is 44.6 Å². The van der Waals surface area contributed by atoms with Crippen LogP contribution in [0.15, 0.2) is 30.3 Å². The van der Waals surface area contributed by atoms with E-state index in [1.54, 1.807) is 0 Å². The number of nitrogens with zero attached hydrogens (tertiary/aromatic N) is 1. The Bertz CT molecular complexity index is 1010. The van der Waals surface area contributed by atoms with E-state index >= 15 is 0 Å². The second kappa shape index (κ2) is 8.76.